The van der Waals surface area contributed by atoms with E-state index in [0.717, 1.165) is 23.5 Å². The highest BCUT2D eigenvalue weighted by atomic mass is 16.2. The second-order valence-electron chi connectivity index (χ2n) is 7.31. The van der Waals surface area contributed by atoms with E-state index in [1.807, 2.05) is 18.7 Å². The van der Waals surface area contributed by atoms with Crippen LogP contribution < -0.4 is 4.90 Å². The summed E-state index contributed by atoms with van der Waals surface area (Å²) in [5.74, 6) is 0.131. The number of aromatic nitrogens is 4. The van der Waals surface area contributed by atoms with E-state index in [1.165, 1.54) is 16.7 Å². The fraction of sp³-hybridized carbons (Fsp3) is 0.400. The summed E-state index contributed by atoms with van der Waals surface area (Å²) in [7, 11) is 0. The van der Waals surface area contributed by atoms with Gasteiger partial charge in [0.2, 0.25) is 11.6 Å². The number of piperazine rings is 1. The van der Waals surface area contributed by atoms with E-state index in [4.69, 9.17) is 0 Å². The number of hydrogen-bond donors (Lipinski definition) is 0. The van der Waals surface area contributed by atoms with Gasteiger partial charge in [0.25, 0.3) is 0 Å². The first-order valence-electron chi connectivity index (χ1n) is 9.20. The molecular weight excluding hydrogens is 340 g/mol. The van der Waals surface area contributed by atoms with E-state index >= 15 is 0 Å². The second kappa shape index (κ2) is 6.64. The molecule has 0 radical (unpaired) electrons. The van der Waals surface area contributed by atoms with Crippen LogP contribution in [0.2, 0.25) is 0 Å². The van der Waals surface area contributed by atoms with Crippen molar-refractivity contribution in [1.82, 2.24) is 24.7 Å². The molecule has 7 nitrogen and oxygen atoms in total. The molecule has 0 bridgehead atoms. The van der Waals surface area contributed by atoms with Crippen molar-refractivity contribution in [3.8, 4) is 0 Å². The highest BCUT2D eigenvalue weighted by Crippen LogP contribution is 2.27. The van der Waals surface area contributed by atoms with Gasteiger partial charge in [-0.2, -0.15) is 9.61 Å². The summed E-state index contributed by atoms with van der Waals surface area (Å²) >= 11 is 0. The van der Waals surface area contributed by atoms with Gasteiger partial charge in [0, 0.05) is 19.6 Å². The lowest BCUT2D eigenvalue weighted by molar-refractivity contribution is -0.131. The van der Waals surface area contributed by atoms with Crippen LogP contribution in [-0.2, 0) is 11.3 Å². The zero-order valence-electron chi connectivity index (χ0n) is 16.2. The smallest absolute Gasteiger partial charge is 0.242 e. The third-order valence-corrected chi connectivity index (χ3v) is 5.48. The number of hydrogen-bond acceptors (Lipinski definition) is 5. The molecule has 0 saturated carbocycles. The second-order valence-corrected chi connectivity index (χ2v) is 7.31. The summed E-state index contributed by atoms with van der Waals surface area (Å²) in [5.41, 5.74) is 7.34. The molecule has 1 aromatic carbocycles. The summed E-state index contributed by atoms with van der Waals surface area (Å²) < 4.78 is 1.68. The van der Waals surface area contributed by atoms with Crippen molar-refractivity contribution in [3.63, 3.8) is 0 Å². The Labute approximate surface area is 158 Å². The van der Waals surface area contributed by atoms with Gasteiger partial charge in [-0.15, -0.1) is 10.2 Å². The Kier molecular flexibility index (Phi) is 4.30. The van der Waals surface area contributed by atoms with Crippen LogP contribution in [0.4, 0.5) is 5.69 Å². The number of fused-ring (bicyclic) bond motifs is 1. The van der Waals surface area contributed by atoms with Crippen molar-refractivity contribution in [2.24, 2.45) is 0 Å². The molecule has 0 N–H and O–H groups in total. The Hall–Kier alpha value is -2.96. The Morgan fingerprint density at radius 1 is 1.07 bits per heavy atom. The molecule has 0 spiro atoms. The van der Waals surface area contributed by atoms with Gasteiger partial charge >= 0.3 is 0 Å². The minimum atomic E-state index is 0.131. The molecule has 1 amide bonds. The van der Waals surface area contributed by atoms with Crippen LogP contribution in [0.1, 0.15) is 27.9 Å². The van der Waals surface area contributed by atoms with Crippen molar-refractivity contribution in [2.75, 3.05) is 24.5 Å². The highest BCUT2D eigenvalue weighted by Gasteiger charge is 2.27. The summed E-state index contributed by atoms with van der Waals surface area (Å²) in [5, 5.41) is 12.6. The van der Waals surface area contributed by atoms with Crippen LogP contribution in [0.15, 0.2) is 24.5 Å². The van der Waals surface area contributed by atoms with Gasteiger partial charge in [-0.3, -0.25) is 4.79 Å². The molecule has 1 aliphatic heterocycles. The monoisotopic (exact) mass is 364 g/mol. The molecule has 1 saturated heterocycles. The lowest BCUT2D eigenvalue weighted by atomic mass is 10.1. The predicted molar refractivity (Wildman–Crippen MR) is 104 cm³/mol. The number of nitrogens with zero attached hydrogens (tertiary/aromatic N) is 6. The third-order valence-electron chi connectivity index (χ3n) is 5.48. The van der Waals surface area contributed by atoms with Gasteiger partial charge in [-0.25, -0.2) is 0 Å². The Morgan fingerprint density at radius 2 is 1.89 bits per heavy atom. The van der Waals surface area contributed by atoms with Crippen LogP contribution in [-0.4, -0.2) is 50.3 Å². The molecule has 140 valence electrons. The van der Waals surface area contributed by atoms with Crippen LogP contribution >= 0.6 is 0 Å². The van der Waals surface area contributed by atoms with Crippen molar-refractivity contribution in [3.05, 3.63) is 52.5 Å². The van der Waals surface area contributed by atoms with Gasteiger partial charge in [0.05, 0.1) is 17.9 Å². The number of benzene rings is 1. The van der Waals surface area contributed by atoms with Gasteiger partial charge in [0.1, 0.15) is 6.33 Å². The minimum absolute atomic E-state index is 0.131. The minimum Gasteiger partial charge on any atom is -0.357 e. The highest BCUT2D eigenvalue weighted by molar-refractivity contribution is 5.85. The van der Waals surface area contributed by atoms with Gasteiger partial charge < -0.3 is 9.80 Å². The van der Waals surface area contributed by atoms with Crippen molar-refractivity contribution < 1.29 is 4.79 Å². The quantitative estimate of drug-likeness (QED) is 0.713. The van der Waals surface area contributed by atoms with E-state index in [0.29, 0.717) is 25.3 Å². The van der Waals surface area contributed by atoms with Gasteiger partial charge in [-0.05, 0) is 49.9 Å². The number of carbonyl (C=O) groups excluding carboxylic acids is 1. The zero-order chi connectivity index (χ0) is 19.1. The largest absolute Gasteiger partial charge is 0.357 e. The van der Waals surface area contributed by atoms with Crippen molar-refractivity contribution in [2.45, 2.75) is 34.2 Å². The zero-order valence-corrected chi connectivity index (χ0v) is 16.2. The molecule has 2 aromatic heterocycles. The Bertz CT molecular complexity index is 1020. The summed E-state index contributed by atoms with van der Waals surface area (Å²) in [6, 6.07) is 6.40. The van der Waals surface area contributed by atoms with Crippen LogP contribution in [0.5, 0.6) is 0 Å². The first kappa shape index (κ1) is 17.5. The lowest BCUT2D eigenvalue weighted by Crippen LogP contribution is -2.50. The van der Waals surface area contributed by atoms with Crippen LogP contribution in [0, 0.1) is 27.7 Å². The summed E-state index contributed by atoms with van der Waals surface area (Å²) in [6.45, 7) is 10.7. The number of rotatable bonds is 3. The predicted octanol–water partition coefficient (Wildman–Crippen LogP) is 2.21. The van der Waals surface area contributed by atoms with Gasteiger partial charge in [0.15, 0.2) is 0 Å². The molecule has 1 aliphatic rings. The molecular formula is C20H24N6O. The molecule has 0 atom stereocenters. The van der Waals surface area contributed by atoms with E-state index in [-0.39, 0.29) is 5.91 Å². The normalized spacial score (nSPS) is 15.0. The maximum atomic E-state index is 12.8. The summed E-state index contributed by atoms with van der Waals surface area (Å²) in [6.07, 6.45) is 1.60. The molecule has 27 heavy (non-hydrogen) atoms. The van der Waals surface area contributed by atoms with E-state index < -0.39 is 0 Å². The van der Waals surface area contributed by atoms with E-state index in [9.17, 15) is 4.79 Å². The molecule has 1 fully saturated rings. The standard InChI is InChI=1S/C20H24N6O/c1-13-5-6-17(9-14(13)2)10-24-7-8-25(11-18(24)27)19-15(3)16(4)23-26-12-21-22-20(19)26/h5-6,9,12H,7-8,10-11H2,1-4H3. The topological polar surface area (TPSA) is 66.6 Å². The number of amides is 1. The first-order chi connectivity index (χ1) is 12.9. The summed E-state index contributed by atoms with van der Waals surface area (Å²) in [4.78, 5) is 16.9. The van der Waals surface area contributed by atoms with Crippen LogP contribution in [0.3, 0.4) is 0 Å². The van der Waals surface area contributed by atoms with E-state index in [1.54, 1.807) is 10.8 Å². The fourth-order valence-electron chi connectivity index (χ4n) is 3.60. The van der Waals surface area contributed by atoms with E-state index in [2.05, 4.69) is 52.2 Å². The maximum absolute atomic E-state index is 12.8. The number of aryl methyl sites for hydroxylation is 3. The fourth-order valence-corrected chi connectivity index (χ4v) is 3.60. The average molecular weight is 364 g/mol. The lowest BCUT2D eigenvalue weighted by Gasteiger charge is -2.36. The number of anilines is 1. The van der Waals surface area contributed by atoms with Crippen LogP contribution in [0.25, 0.3) is 5.65 Å². The third kappa shape index (κ3) is 3.13. The molecule has 4 rings (SSSR count). The molecule has 3 heterocycles. The maximum Gasteiger partial charge on any atom is 0.242 e. The Balaban J connectivity index is 1.56. The van der Waals surface area contributed by atoms with Crippen molar-refractivity contribution >= 4 is 17.2 Å². The van der Waals surface area contributed by atoms with Crippen molar-refractivity contribution in [1.29, 1.82) is 0 Å². The average Bonchev–Trinajstić information content (AvgIpc) is 3.08. The number of carbonyl (C=O) groups is 1. The molecule has 0 unspecified atom stereocenters. The van der Waals surface area contributed by atoms with Gasteiger partial charge in [-0.1, -0.05) is 18.2 Å². The SMILES string of the molecule is Cc1ccc(CN2CCN(c3c(C)c(C)nn4cnnc34)CC2=O)cc1C. The first-order valence-corrected chi connectivity index (χ1v) is 9.20. The molecule has 3 aromatic rings. The Morgan fingerprint density at radius 3 is 2.63 bits per heavy atom. The molecule has 7 heteroatoms. The molecule has 0 aliphatic carbocycles.